The number of aromatic hydroxyl groups is 4. The van der Waals surface area contributed by atoms with Crippen LogP contribution in [0, 0.1) is 0 Å². The number of hydrogen-bond donors (Lipinski definition) is 6. The minimum atomic E-state index is -0.334. The molecule has 0 saturated heterocycles. The van der Waals surface area contributed by atoms with Gasteiger partial charge in [0.1, 0.15) is 23.0 Å². The van der Waals surface area contributed by atoms with E-state index in [1.165, 1.54) is 33.7 Å². The molecule has 15 heteroatoms. The number of phenolic OH excluding ortho intramolecular Hbond substituents is 4. The number of carbonyl (C=O) groups is 2. The summed E-state index contributed by atoms with van der Waals surface area (Å²) in [6.45, 7) is 20.4. The summed E-state index contributed by atoms with van der Waals surface area (Å²) in [6, 6.07) is 14.4. The van der Waals surface area contributed by atoms with Gasteiger partial charge < -0.3 is 49.9 Å². The second-order valence-corrected chi connectivity index (χ2v) is 18.7. The number of aromatic nitrogens is 2. The predicted molar refractivity (Wildman–Crippen MR) is 264 cm³/mol. The molecular weight excluding hydrogens is 869 g/mol. The number of benzene rings is 3. The van der Waals surface area contributed by atoms with E-state index in [4.69, 9.17) is 9.05 Å². The summed E-state index contributed by atoms with van der Waals surface area (Å²) in [5.74, 6) is -0.145. The molecule has 2 aliphatic rings. The Morgan fingerprint density at radius 3 is 1.75 bits per heavy atom. The smallest absolute Gasteiger partial charge is 0.274 e. The van der Waals surface area contributed by atoms with Crippen LogP contribution in [0.2, 0.25) is 0 Å². The van der Waals surface area contributed by atoms with Crippen LogP contribution in [0.4, 0.5) is 0 Å². The normalized spacial score (nSPS) is 14.0. The van der Waals surface area contributed by atoms with Crippen LogP contribution in [0.25, 0.3) is 44.2 Å². The molecule has 6 aromatic rings. The molecular formula is C52H66N6O8S. The van der Waals surface area contributed by atoms with E-state index in [1.807, 2.05) is 61.5 Å². The Kier molecular flexibility index (Phi) is 16.6. The lowest BCUT2D eigenvalue weighted by molar-refractivity contribution is 0.0939. The van der Waals surface area contributed by atoms with E-state index in [0.29, 0.717) is 58.0 Å². The van der Waals surface area contributed by atoms with Gasteiger partial charge in [-0.25, -0.2) is 0 Å². The number of amides is 2. The second kappa shape index (κ2) is 22.1. The highest BCUT2D eigenvalue weighted by molar-refractivity contribution is 7.15. The number of aryl methyl sites for hydroxylation is 1. The molecule has 358 valence electrons. The van der Waals surface area contributed by atoms with Gasteiger partial charge in [-0.05, 0) is 124 Å². The molecule has 0 aliphatic carbocycles. The fourth-order valence-corrected chi connectivity index (χ4v) is 9.77. The predicted octanol–water partition coefficient (Wildman–Crippen LogP) is 10.1. The van der Waals surface area contributed by atoms with Crippen LogP contribution in [0.15, 0.2) is 57.6 Å². The molecule has 6 N–H and O–H groups in total. The molecule has 2 aliphatic heterocycles. The van der Waals surface area contributed by atoms with Crippen molar-refractivity contribution in [2.75, 3.05) is 46.8 Å². The van der Waals surface area contributed by atoms with Crippen LogP contribution in [0.5, 0.6) is 23.0 Å². The van der Waals surface area contributed by atoms with Crippen molar-refractivity contribution in [2.24, 2.45) is 0 Å². The Hall–Kier alpha value is -6.16. The van der Waals surface area contributed by atoms with E-state index in [0.717, 1.165) is 62.3 Å². The van der Waals surface area contributed by atoms with Crippen LogP contribution >= 0.6 is 11.3 Å². The molecule has 3 aromatic carbocycles. The molecule has 0 spiro atoms. The number of fused-ring (bicyclic) bond motifs is 2. The molecule has 2 amide bonds. The maximum Gasteiger partial charge on any atom is 0.274 e. The second-order valence-electron chi connectivity index (χ2n) is 17.5. The van der Waals surface area contributed by atoms with Crippen molar-refractivity contribution in [3.05, 3.63) is 92.6 Å². The summed E-state index contributed by atoms with van der Waals surface area (Å²) in [7, 11) is 4.25. The lowest BCUT2D eigenvalue weighted by Crippen LogP contribution is -2.23. The topological polar surface area (TPSA) is 198 Å². The number of likely N-dealkylation sites (N-methyl/N-ethyl adjacent to an activating group) is 1. The Bertz CT molecular complexity index is 2670. The summed E-state index contributed by atoms with van der Waals surface area (Å²) in [5, 5.41) is 55.7. The molecule has 0 fully saturated rings. The Morgan fingerprint density at radius 2 is 1.19 bits per heavy atom. The molecule has 0 radical (unpaired) electrons. The first-order chi connectivity index (χ1) is 32.1. The highest BCUT2D eigenvalue weighted by Crippen LogP contribution is 2.47. The van der Waals surface area contributed by atoms with Crippen molar-refractivity contribution in [3.8, 4) is 67.2 Å². The first-order valence-electron chi connectivity index (χ1n) is 23.4. The zero-order valence-corrected chi connectivity index (χ0v) is 41.3. The molecule has 3 aromatic heterocycles. The van der Waals surface area contributed by atoms with Gasteiger partial charge in [0.05, 0.1) is 22.3 Å². The van der Waals surface area contributed by atoms with Crippen molar-refractivity contribution >= 4 is 23.2 Å². The van der Waals surface area contributed by atoms with Crippen molar-refractivity contribution < 1.29 is 39.1 Å². The van der Waals surface area contributed by atoms with Crippen molar-refractivity contribution in [1.29, 1.82) is 0 Å². The summed E-state index contributed by atoms with van der Waals surface area (Å²) in [6.07, 6.45) is 3.91. The average Bonchev–Trinajstić information content (AvgIpc) is 3.98. The summed E-state index contributed by atoms with van der Waals surface area (Å²) < 4.78 is 11.4. The van der Waals surface area contributed by atoms with Crippen LogP contribution in [0.1, 0.15) is 127 Å². The third-order valence-corrected chi connectivity index (χ3v) is 13.3. The maximum atomic E-state index is 12.8. The Morgan fingerprint density at radius 1 is 0.657 bits per heavy atom. The van der Waals surface area contributed by atoms with Gasteiger partial charge in [-0.1, -0.05) is 70.1 Å². The monoisotopic (exact) mass is 934 g/mol. The minimum Gasteiger partial charge on any atom is -0.508 e. The van der Waals surface area contributed by atoms with Gasteiger partial charge in [0, 0.05) is 54.6 Å². The van der Waals surface area contributed by atoms with Gasteiger partial charge >= 0.3 is 0 Å². The van der Waals surface area contributed by atoms with Gasteiger partial charge in [-0.3, -0.25) is 9.59 Å². The SMILES string of the molecule is CC.CCNC(=O)c1noc(-c2cc(C(C)C)c(O)cc2O)c1-c1cc2c(s1)CCN(C)CC2.CCNC(=O)c1noc(-c2cc(C(C)C)c(O)cc2O)c1-c1ccc2c(c1)CCCN(C)C2. The van der Waals surface area contributed by atoms with Gasteiger partial charge in [0.2, 0.25) is 0 Å². The van der Waals surface area contributed by atoms with Gasteiger partial charge in [0.15, 0.2) is 22.9 Å². The number of hydrogen-bond acceptors (Lipinski definition) is 13. The van der Waals surface area contributed by atoms with E-state index < -0.39 is 0 Å². The number of thiophene rings is 1. The van der Waals surface area contributed by atoms with Crippen molar-refractivity contribution in [3.63, 3.8) is 0 Å². The van der Waals surface area contributed by atoms with Gasteiger partial charge in [-0.2, -0.15) is 0 Å². The fourth-order valence-electron chi connectivity index (χ4n) is 8.53. The summed E-state index contributed by atoms with van der Waals surface area (Å²) in [4.78, 5) is 32.5. The third-order valence-electron chi connectivity index (χ3n) is 12.1. The first-order valence-corrected chi connectivity index (χ1v) is 24.2. The van der Waals surface area contributed by atoms with Crippen molar-refractivity contribution in [2.45, 2.75) is 99.5 Å². The van der Waals surface area contributed by atoms with Crippen LogP contribution in [-0.4, -0.2) is 99.2 Å². The number of nitrogens with zero attached hydrogens (tertiary/aromatic N) is 4. The number of rotatable bonds is 10. The van der Waals surface area contributed by atoms with Gasteiger partial charge in [0.25, 0.3) is 11.8 Å². The number of phenols is 4. The van der Waals surface area contributed by atoms with E-state index in [1.54, 1.807) is 23.5 Å². The van der Waals surface area contributed by atoms with E-state index in [9.17, 15) is 30.0 Å². The van der Waals surface area contributed by atoms with E-state index >= 15 is 0 Å². The number of nitrogens with one attached hydrogen (secondary N) is 2. The zero-order valence-electron chi connectivity index (χ0n) is 40.5. The van der Waals surface area contributed by atoms with Crippen molar-refractivity contribution in [1.82, 2.24) is 30.7 Å². The molecule has 0 saturated carbocycles. The molecule has 0 unspecified atom stereocenters. The molecule has 5 heterocycles. The maximum absolute atomic E-state index is 12.8. The van der Waals surface area contributed by atoms with Crippen LogP contribution in [-0.2, 0) is 25.8 Å². The molecule has 8 rings (SSSR count). The lowest BCUT2D eigenvalue weighted by Gasteiger charge is -2.15. The highest BCUT2D eigenvalue weighted by atomic mass is 32.1. The molecule has 0 bridgehead atoms. The highest BCUT2D eigenvalue weighted by Gasteiger charge is 2.30. The summed E-state index contributed by atoms with van der Waals surface area (Å²) >= 11 is 1.65. The number of carbonyl (C=O) groups excluding carboxylic acids is 2. The fraction of sp³-hybridized carbons (Fsp3) is 0.423. The van der Waals surface area contributed by atoms with E-state index in [-0.39, 0.29) is 58.0 Å². The largest absolute Gasteiger partial charge is 0.508 e. The van der Waals surface area contributed by atoms with E-state index in [2.05, 4.69) is 63.0 Å². The Balaban J connectivity index is 0.000000213. The lowest BCUT2D eigenvalue weighted by atomic mass is 9.92. The molecule has 14 nitrogen and oxygen atoms in total. The van der Waals surface area contributed by atoms with Crippen LogP contribution in [0.3, 0.4) is 0 Å². The first kappa shape index (κ1) is 50.3. The minimum absolute atomic E-state index is 0.0189. The zero-order chi connectivity index (χ0) is 48.7. The van der Waals surface area contributed by atoms with Crippen LogP contribution < -0.4 is 10.6 Å². The standard InChI is InChI=1S/C26H31N3O4.C24H29N3O4S.C2H6/c1-5-27-26(32)24-23(17-8-9-18-14-29(4)10-6-7-16(18)11-17)25(33-28-24)20-12-19(15(2)3)21(30)13-22(20)31;1-5-25-24(30)22-21(20-10-14-6-8-27(4)9-7-19(14)32-20)23(31-26-22)16-11-15(13(2)3)17(28)12-18(16)29;1-2/h8-9,11-13,15,30-31H,5-7,10,14H2,1-4H3,(H,27,32);10-13,28-29H,5-9H2,1-4H3,(H,25,30);1-2H3. The molecule has 0 atom stereocenters. The average molecular weight is 935 g/mol. The Labute approximate surface area is 397 Å². The van der Waals surface area contributed by atoms with Gasteiger partial charge in [-0.15, -0.1) is 11.3 Å². The summed E-state index contributed by atoms with van der Waals surface area (Å²) in [5.41, 5.74) is 8.27. The third kappa shape index (κ3) is 11.0. The molecule has 67 heavy (non-hydrogen) atoms. The quantitative estimate of drug-likeness (QED) is 0.0761.